The molecular formula is C31H40N8O2. The van der Waals surface area contributed by atoms with Crippen molar-refractivity contribution >= 4 is 22.6 Å². The summed E-state index contributed by atoms with van der Waals surface area (Å²) in [7, 11) is 5.76. The highest BCUT2D eigenvalue weighted by Gasteiger charge is 2.34. The quantitative estimate of drug-likeness (QED) is 0.381. The van der Waals surface area contributed by atoms with E-state index in [2.05, 4.69) is 69.0 Å². The van der Waals surface area contributed by atoms with Gasteiger partial charge in [0, 0.05) is 48.3 Å². The number of benzene rings is 1. The molecule has 2 N–H and O–H groups in total. The number of aromatic nitrogens is 4. The lowest BCUT2D eigenvalue weighted by Crippen LogP contribution is -2.51. The number of fused-ring (bicyclic) bond motifs is 1. The molecular weight excluding hydrogens is 516 g/mol. The number of hydrogen-bond donors (Lipinski definition) is 2. The molecule has 0 spiro atoms. The third-order valence-corrected chi connectivity index (χ3v) is 8.31. The summed E-state index contributed by atoms with van der Waals surface area (Å²) in [6, 6.07) is 8.98. The Hall–Kier alpha value is -4.02. The Morgan fingerprint density at radius 1 is 1.22 bits per heavy atom. The number of carbonyl (C=O) groups is 1. The molecule has 0 bridgehead atoms. The van der Waals surface area contributed by atoms with Crippen molar-refractivity contribution < 1.29 is 9.53 Å². The summed E-state index contributed by atoms with van der Waals surface area (Å²) < 4.78 is 7.74. The largest absolute Gasteiger partial charge is 0.499 e. The van der Waals surface area contributed by atoms with E-state index in [1.807, 2.05) is 42.2 Å². The zero-order chi connectivity index (χ0) is 29.1. The number of rotatable bonds is 9. The highest BCUT2D eigenvalue weighted by Crippen LogP contribution is 2.31. The van der Waals surface area contributed by atoms with Gasteiger partial charge >= 0.3 is 0 Å². The van der Waals surface area contributed by atoms with Crippen LogP contribution in [0.4, 0.5) is 5.82 Å². The summed E-state index contributed by atoms with van der Waals surface area (Å²) in [5, 5.41) is 11.9. The van der Waals surface area contributed by atoms with Crippen LogP contribution in [-0.2, 0) is 16.6 Å². The van der Waals surface area contributed by atoms with E-state index in [9.17, 15) is 4.79 Å². The van der Waals surface area contributed by atoms with Gasteiger partial charge in [0.25, 0.3) is 0 Å². The zero-order valence-corrected chi connectivity index (χ0v) is 24.6. The summed E-state index contributed by atoms with van der Waals surface area (Å²) >= 11 is 0. The van der Waals surface area contributed by atoms with E-state index < -0.39 is 0 Å². The Balaban J connectivity index is 1.39. The monoisotopic (exact) mass is 556 g/mol. The van der Waals surface area contributed by atoms with Crippen molar-refractivity contribution in [2.24, 2.45) is 7.05 Å². The molecule has 2 aromatic heterocycles. The van der Waals surface area contributed by atoms with Crippen LogP contribution in [0.2, 0.25) is 0 Å². The van der Waals surface area contributed by atoms with Gasteiger partial charge in [0.15, 0.2) is 0 Å². The van der Waals surface area contributed by atoms with Crippen LogP contribution in [0.15, 0.2) is 72.7 Å². The molecule has 1 atom stereocenters. The molecule has 10 nitrogen and oxygen atoms in total. The fourth-order valence-corrected chi connectivity index (χ4v) is 5.81. The Morgan fingerprint density at radius 2 is 2.00 bits per heavy atom. The molecule has 1 saturated heterocycles. The number of nitrogens with zero attached hydrogens (tertiary/aromatic N) is 6. The third kappa shape index (κ3) is 6.18. The van der Waals surface area contributed by atoms with Crippen molar-refractivity contribution in [3.63, 3.8) is 0 Å². The van der Waals surface area contributed by atoms with Crippen LogP contribution in [0.1, 0.15) is 33.1 Å². The lowest BCUT2D eigenvalue weighted by atomic mass is 9.94. The molecule has 5 rings (SSSR count). The van der Waals surface area contributed by atoms with Gasteiger partial charge in [-0.2, -0.15) is 5.10 Å². The fourth-order valence-electron chi connectivity index (χ4n) is 5.81. The Morgan fingerprint density at radius 3 is 2.71 bits per heavy atom. The summed E-state index contributed by atoms with van der Waals surface area (Å²) in [6.07, 6.45) is 9.43. The van der Waals surface area contributed by atoms with Gasteiger partial charge in [0.1, 0.15) is 17.9 Å². The molecule has 1 aliphatic carbocycles. The van der Waals surface area contributed by atoms with E-state index in [0.717, 1.165) is 65.2 Å². The van der Waals surface area contributed by atoms with Gasteiger partial charge in [-0.15, -0.1) is 0 Å². The maximum absolute atomic E-state index is 12.5. The van der Waals surface area contributed by atoms with Crippen molar-refractivity contribution in [2.45, 2.75) is 51.2 Å². The van der Waals surface area contributed by atoms with Crippen LogP contribution >= 0.6 is 0 Å². The second-order valence-electron chi connectivity index (χ2n) is 11.0. The highest BCUT2D eigenvalue weighted by molar-refractivity contribution is 5.88. The number of likely N-dealkylation sites (N-methyl/N-ethyl adjacent to an activating group) is 1. The van der Waals surface area contributed by atoms with Gasteiger partial charge in [-0.05, 0) is 71.1 Å². The zero-order valence-electron chi connectivity index (χ0n) is 24.6. The number of allylic oxidation sites excluding steroid dienone is 1. The number of hydrogen-bond acceptors (Lipinski definition) is 8. The predicted octanol–water partition coefficient (Wildman–Crippen LogP) is 4.06. The van der Waals surface area contributed by atoms with E-state index in [1.165, 1.54) is 6.08 Å². The number of anilines is 1. The van der Waals surface area contributed by atoms with Crippen molar-refractivity contribution in [1.82, 2.24) is 34.9 Å². The smallest absolute Gasteiger partial charge is 0.247 e. The number of aryl methyl sites for hydroxylation is 1. The summed E-state index contributed by atoms with van der Waals surface area (Å²) in [5.41, 5.74) is 4.38. The van der Waals surface area contributed by atoms with Crippen LogP contribution < -0.4 is 10.6 Å². The molecule has 1 amide bonds. The lowest BCUT2D eigenvalue weighted by molar-refractivity contribution is -0.116. The molecule has 1 aromatic carbocycles. The van der Waals surface area contributed by atoms with Gasteiger partial charge in [-0.25, -0.2) is 9.97 Å². The Bertz CT molecular complexity index is 1480. The maximum atomic E-state index is 12.5. The van der Waals surface area contributed by atoms with Crippen LogP contribution in [0.3, 0.4) is 0 Å². The normalized spacial score (nSPS) is 18.6. The maximum Gasteiger partial charge on any atom is 0.247 e. The van der Waals surface area contributed by atoms with Gasteiger partial charge < -0.3 is 20.3 Å². The van der Waals surface area contributed by atoms with Crippen molar-refractivity contribution in [3.05, 3.63) is 72.7 Å². The number of amides is 1. The van der Waals surface area contributed by atoms with E-state index in [1.54, 1.807) is 13.4 Å². The molecule has 3 aromatic rings. The van der Waals surface area contributed by atoms with Gasteiger partial charge in [-0.3, -0.25) is 14.4 Å². The Labute approximate surface area is 241 Å². The second kappa shape index (κ2) is 12.2. The number of piperidine rings is 1. The molecule has 0 saturated carbocycles. The SMILES string of the molecule is C=CC(=O)NC1=CC(Nc2cc(-c3ccc4c(cnn4C)c3)ncn2)=C(OC)CC1N(C)C1CCN(C(C)C)CC1. The van der Waals surface area contributed by atoms with Gasteiger partial charge in [-0.1, -0.05) is 12.6 Å². The van der Waals surface area contributed by atoms with Crippen LogP contribution in [-0.4, -0.2) is 80.8 Å². The Kier molecular flexibility index (Phi) is 8.51. The molecule has 3 heterocycles. The predicted molar refractivity (Wildman–Crippen MR) is 162 cm³/mol. The van der Waals surface area contributed by atoms with E-state index in [4.69, 9.17) is 4.74 Å². The number of likely N-dealkylation sites (tertiary alicyclic amines) is 1. The van der Waals surface area contributed by atoms with Crippen molar-refractivity contribution in [3.8, 4) is 11.3 Å². The average Bonchev–Trinajstić information content (AvgIpc) is 3.36. The molecule has 2 aliphatic rings. The first kappa shape index (κ1) is 28.5. The molecule has 10 heteroatoms. The summed E-state index contributed by atoms with van der Waals surface area (Å²) in [5.74, 6) is 1.19. The van der Waals surface area contributed by atoms with Crippen molar-refractivity contribution in [2.75, 3.05) is 32.6 Å². The lowest BCUT2D eigenvalue weighted by Gasteiger charge is -2.43. The second-order valence-corrected chi connectivity index (χ2v) is 11.0. The molecule has 1 unspecified atom stereocenters. The molecule has 1 aliphatic heterocycles. The first-order valence-corrected chi connectivity index (χ1v) is 14.2. The average molecular weight is 557 g/mol. The molecule has 216 valence electrons. The van der Waals surface area contributed by atoms with E-state index in [-0.39, 0.29) is 11.9 Å². The number of methoxy groups -OCH3 is 1. The highest BCUT2D eigenvalue weighted by atomic mass is 16.5. The van der Waals surface area contributed by atoms with Crippen LogP contribution in [0, 0.1) is 0 Å². The van der Waals surface area contributed by atoms with Gasteiger partial charge in [0.2, 0.25) is 5.91 Å². The van der Waals surface area contributed by atoms with Crippen molar-refractivity contribution in [1.29, 1.82) is 0 Å². The molecule has 0 radical (unpaired) electrons. The number of carbonyl (C=O) groups excluding carboxylic acids is 1. The third-order valence-electron chi connectivity index (χ3n) is 8.31. The first-order valence-electron chi connectivity index (χ1n) is 14.2. The number of nitrogens with one attached hydrogen (secondary N) is 2. The van der Waals surface area contributed by atoms with E-state index in [0.29, 0.717) is 24.3 Å². The minimum absolute atomic E-state index is 0.0397. The van der Waals surface area contributed by atoms with Gasteiger partial charge in [0.05, 0.1) is 36.3 Å². The fraction of sp³-hybridized carbons (Fsp3) is 0.419. The number of ether oxygens (including phenoxy) is 1. The minimum Gasteiger partial charge on any atom is -0.499 e. The summed E-state index contributed by atoms with van der Waals surface area (Å²) in [4.78, 5) is 26.4. The topological polar surface area (TPSA) is 100 Å². The van der Waals surface area contributed by atoms with Crippen LogP contribution in [0.5, 0.6) is 0 Å². The van der Waals surface area contributed by atoms with Crippen LogP contribution in [0.25, 0.3) is 22.2 Å². The first-order chi connectivity index (χ1) is 19.8. The summed E-state index contributed by atoms with van der Waals surface area (Å²) in [6.45, 7) is 10.3. The minimum atomic E-state index is -0.236. The molecule has 1 fully saturated rings. The standard InChI is InChI=1S/C31H40N8O2/c1-7-31(40)36-25-15-26(29(41-6)17-28(25)37(4)23-10-12-39(13-11-23)20(2)3)35-30-16-24(32-19-33-30)21-8-9-27-22(14-21)18-34-38(27)5/h7-9,14-16,18-20,23,28H,1,10-13,17H2,2-6H3,(H,36,40)(H,32,33,35). The molecule has 41 heavy (non-hydrogen) atoms. The van der Waals surface area contributed by atoms with E-state index >= 15 is 0 Å².